The predicted molar refractivity (Wildman–Crippen MR) is 125 cm³/mol. The lowest BCUT2D eigenvalue weighted by Crippen LogP contribution is -2.45. The highest BCUT2D eigenvalue weighted by atomic mass is 32.2. The first kappa shape index (κ1) is 25.3. The van der Waals surface area contributed by atoms with Gasteiger partial charge in [-0.05, 0) is 32.7 Å². The summed E-state index contributed by atoms with van der Waals surface area (Å²) in [6, 6.07) is 0.119. The first-order chi connectivity index (χ1) is 15.2. The Bertz CT molecular complexity index is 722. The van der Waals surface area contributed by atoms with Crippen molar-refractivity contribution >= 4 is 23.7 Å². The summed E-state index contributed by atoms with van der Waals surface area (Å²) in [5.74, 6) is 0.0638. The number of rotatable bonds is 12. The number of halogens is 3. The van der Waals surface area contributed by atoms with E-state index in [0.717, 1.165) is 77.4 Å². The zero-order valence-corrected chi connectivity index (χ0v) is 19.9. The summed E-state index contributed by atoms with van der Waals surface area (Å²) in [6.45, 7) is 7.66. The van der Waals surface area contributed by atoms with Crippen LogP contribution >= 0.6 is 11.9 Å². The average Bonchev–Trinajstić information content (AvgIpc) is 3.55. The van der Waals surface area contributed by atoms with Gasteiger partial charge < -0.3 is 20.4 Å². The highest BCUT2D eigenvalue weighted by molar-refractivity contribution is 7.98. The normalized spacial score (nSPS) is 20.2. The van der Waals surface area contributed by atoms with Gasteiger partial charge in [0.15, 0.2) is 0 Å². The molecule has 1 saturated carbocycles. The monoisotopic (exact) mass is 475 g/mol. The maximum Gasteiger partial charge on any atom is 0.421 e. The van der Waals surface area contributed by atoms with Crippen molar-refractivity contribution in [2.45, 2.75) is 62.4 Å². The molecule has 0 aromatic carbocycles. The second-order valence-corrected chi connectivity index (χ2v) is 10.1. The number of aromatic nitrogens is 2. The summed E-state index contributed by atoms with van der Waals surface area (Å²) in [5.41, 5.74) is -0.844. The summed E-state index contributed by atoms with van der Waals surface area (Å²) in [7, 11) is 2.13. The van der Waals surface area contributed by atoms with Crippen molar-refractivity contribution in [3.63, 3.8) is 0 Å². The van der Waals surface area contributed by atoms with Gasteiger partial charge in [0.2, 0.25) is 5.95 Å². The molecular weight excluding hydrogens is 439 g/mol. The second kappa shape index (κ2) is 11.2. The molecular formula is C21H36F3N7S. The van der Waals surface area contributed by atoms with E-state index in [-0.39, 0.29) is 22.6 Å². The number of hydrogen-bond acceptors (Lipinski definition) is 8. The molecule has 0 spiro atoms. The molecule has 1 aromatic rings. The van der Waals surface area contributed by atoms with Gasteiger partial charge in [-0.2, -0.15) is 18.2 Å². The minimum absolute atomic E-state index is 0.119. The van der Waals surface area contributed by atoms with Gasteiger partial charge >= 0.3 is 6.18 Å². The van der Waals surface area contributed by atoms with Crippen LogP contribution < -0.4 is 15.8 Å². The fourth-order valence-corrected chi connectivity index (χ4v) is 4.34. The Morgan fingerprint density at radius 3 is 2.53 bits per heavy atom. The van der Waals surface area contributed by atoms with Crippen molar-refractivity contribution in [3.05, 3.63) is 11.8 Å². The highest BCUT2D eigenvalue weighted by Gasteiger charge is 2.43. The largest absolute Gasteiger partial charge is 0.421 e. The van der Waals surface area contributed by atoms with Crippen molar-refractivity contribution < 1.29 is 13.2 Å². The van der Waals surface area contributed by atoms with E-state index in [0.29, 0.717) is 6.54 Å². The molecule has 2 fully saturated rings. The van der Waals surface area contributed by atoms with Gasteiger partial charge in [-0.15, -0.1) is 0 Å². The molecule has 182 valence electrons. The number of nitrogens with zero attached hydrogens (tertiary/aromatic N) is 4. The van der Waals surface area contributed by atoms with Gasteiger partial charge in [0.25, 0.3) is 0 Å². The lowest BCUT2D eigenvalue weighted by molar-refractivity contribution is -0.137. The van der Waals surface area contributed by atoms with Gasteiger partial charge in [-0.1, -0.05) is 31.7 Å². The molecule has 3 rings (SSSR count). The van der Waals surface area contributed by atoms with E-state index in [9.17, 15) is 13.2 Å². The highest BCUT2D eigenvalue weighted by Crippen LogP contribution is 2.46. The van der Waals surface area contributed by atoms with Gasteiger partial charge in [0.1, 0.15) is 11.4 Å². The molecule has 4 N–H and O–H groups in total. The number of hydrogen-bond donors (Lipinski definition) is 3. The Balaban J connectivity index is 1.66. The van der Waals surface area contributed by atoms with Gasteiger partial charge in [-0.3, -0.25) is 5.14 Å². The van der Waals surface area contributed by atoms with E-state index in [1.165, 1.54) is 11.9 Å². The number of nitrogens with two attached hydrogens (primary N) is 1. The Labute approximate surface area is 193 Å². The number of nitrogens with one attached hydrogen (secondary N) is 2. The van der Waals surface area contributed by atoms with E-state index in [1.807, 2.05) is 0 Å². The number of likely N-dealkylation sites (N-methyl/N-ethyl adjacent to an activating group) is 1. The zero-order valence-electron chi connectivity index (χ0n) is 19.0. The number of unbranched alkanes of at least 4 members (excludes halogenated alkanes) is 1. The topological polar surface area (TPSA) is 82.3 Å². The maximum atomic E-state index is 13.5. The molecule has 11 heteroatoms. The molecule has 1 aromatic heterocycles. The van der Waals surface area contributed by atoms with E-state index < -0.39 is 11.7 Å². The molecule has 2 heterocycles. The number of anilines is 2. The van der Waals surface area contributed by atoms with Crippen molar-refractivity contribution in [2.75, 3.05) is 56.9 Å². The molecule has 0 radical (unpaired) electrons. The van der Waals surface area contributed by atoms with E-state index in [4.69, 9.17) is 5.14 Å². The van der Waals surface area contributed by atoms with Crippen LogP contribution in [-0.4, -0.2) is 76.9 Å². The van der Waals surface area contributed by atoms with Crippen LogP contribution in [0.3, 0.4) is 0 Å². The second-order valence-electron chi connectivity index (χ2n) is 9.03. The Hall–Kier alpha value is -1.30. The van der Waals surface area contributed by atoms with Crippen molar-refractivity contribution in [3.8, 4) is 0 Å². The molecule has 1 saturated heterocycles. The average molecular weight is 476 g/mol. The van der Waals surface area contributed by atoms with Crippen LogP contribution in [0.5, 0.6) is 0 Å². The van der Waals surface area contributed by atoms with Crippen LogP contribution in [0.4, 0.5) is 24.9 Å². The summed E-state index contributed by atoms with van der Waals surface area (Å²) in [6.07, 6.45) is 2.09. The van der Waals surface area contributed by atoms with Gasteiger partial charge in [0, 0.05) is 56.3 Å². The third kappa shape index (κ3) is 7.36. The van der Waals surface area contributed by atoms with Crippen LogP contribution in [0, 0.1) is 0 Å². The molecule has 0 bridgehead atoms. The number of alkyl halides is 3. The quantitative estimate of drug-likeness (QED) is 0.395. The molecule has 2 aliphatic rings. The van der Waals surface area contributed by atoms with E-state index in [2.05, 4.69) is 44.4 Å². The Kier molecular flexibility index (Phi) is 8.88. The van der Waals surface area contributed by atoms with Gasteiger partial charge in [0.05, 0.1) is 0 Å². The summed E-state index contributed by atoms with van der Waals surface area (Å²) in [5, 5.41) is 11.9. The molecule has 32 heavy (non-hydrogen) atoms. The lowest BCUT2D eigenvalue weighted by Gasteiger charge is -2.33. The fraction of sp³-hybridized carbons (Fsp3) is 0.810. The first-order valence-corrected chi connectivity index (χ1v) is 12.4. The summed E-state index contributed by atoms with van der Waals surface area (Å²) < 4.78 is 40.3. The lowest BCUT2D eigenvalue weighted by atomic mass is 10.1. The van der Waals surface area contributed by atoms with Crippen LogP contribution in [-0.2, 0) is 6.18 Å². The zero-order chi connectivity index (χ0) is 23.2. The van der Waals surface area contributed by atoms with Crippen LogP contribution in [0.25, 0.3) is 0 Å². The van der Waals surface area contributed by atoms with Gasteiger partial charge in [-0.25, -0.2) is 4.98 Å². The first-order valence-electron chi connectivity index (χ1n) is 11.5. The third-order valence-electron chi connectivity index (χ3n) is 6.36. The van der Waals surface area contributed by atoms with Crippen LogP contribution in [0.2, 0.25) is 0 Å². The molecule has 7 nitrogen and oxygen atoms in total. The SMILES string of the molecule is CCCCC(CCN1CCN(C)CC1)Nc1ncc(C(F)(F)F)c(NCC2(SN)CC2)n1. The minimum Gasteiger partial charge on any atom is -0.368 e. The van der Waals surface area contributed by atoms with Crippen molar-refractivity contribution in [1.29, 1.82) is 0 Å². The smallest absolute Gasteiger partial charge is 0.368 e. The Morgan fingerprint density at radius 1 is 1.22 bits per heavy atom. The van der Waals surface area contributed by atoms with Crippen LogP contribution in [0.1, 0.15) is 51.0 Å². The summed E-state index contributed by atoms with van der Waals surface area (Å²) in [4.78, 5) is 13.0. The van der Waals surface area contributed by atoms with Crippen molar-refractivity contribution in [1.82, 2.24) is 19.8 Å². The molecule has 1 atom stereocenters. The van der Waals surface area contributed by atoms with Crippen LogP contribution in [0.15, 0.2) is 6.20 Å². The molecule has 1 aliphatic carbocycles. The van der Waals surface area contributed by atoms with E-state index >= 15 is 0 Å². The predicted octanol–water partition coefficient (Wildman–Crippen LogP) is 3.66. The minimum atomic E-state index is -4.52. The van der Waals surface area contributed by atoms with E-state index in [1.54, 1.807) is 0 Å². The molecule has 0 amide bonds. The molecule has 1 aliphatic heterocycles. The third-order valence-corrected chi connectivity index (χ3v) is 7.41. The molecule has 1 unspecified atom stereocenters. The maximum absolute atomic E-state index is 13.5. The number of piperazine rings is 1. The van der Waals surface area contributed by atoms with Crippen molar-refractivity contribution in [2.24, 2.45) is 5.14 Å². The standard InChI is InChI=1S/C21H36F3N7S/c1-3-4-5-16(6-9-31-12-10-30(2)11-13-31)28-19-26-14-17(21(22,23)24)18(29-19)27-15-20(32-25)7-8-20/h14,16H,3-13,15,25H2,1-2H3,(H2,26,27,28,29). The Morgan fingerprint density at radius 2 is 1.94 bits per heavy atom. The fourth-order valence-electron chi connectivity index (χ4n) is 3.85. The summed E-state index contributed by atoms with van der Waals surface area (Å²) >= 11 is 1.20.